The highest BCUT2D eigenvalue weighted by Crippen LogP contribution is 2.16. The molecule has 110 valence electrons. The zero-order chi connectivity index (χ0) is 15.3. The first kappa shape index (κ1) is 16.7. The number of nitrogens with zero attached hydrogens (tertiary/aromatic N) is 1. The summed E-state index contributed by atoms with van der Waals surface area (Å²) in [5, 5.41) is 0.452. The average molecular weight is 316 g/mol. The molecule has 0 N–H and O–H groups in total. The summed E-state index contributed by atoms with van der Waals surface area (Å²) in [7, 11) is -3.65. The molecule has 0 bridgehead atoms. The van der Waals surface area contributed by atoms with E-state index in [1.165, 1.54) is 29.2 Å². The first-order valence-electron chi connectivity index (χ1n) is 6.16. The van der Waals surface area contributed by atoms with E-state index in [1.54, 1.807) is 13.8 Å². The van der Waals surface area contributed by atoms with Gasteiger partial charge in [-0.05, 0) is 38.1 Å². The van der Waals surface area contributed by atoms with Crippen molar-refractivity contribution < 1.29 is 13.2 Å². The highest BCUT2D eigenvalue weighted by atomic mass is 35.5. The highest BCUT2D eigenvalue weighted by molar-refractivity contribution is 7.92. The summed E-state index contributed by atoms with van der Waals surface area (Å²) >= 11 is 5.72. The fraction of sp³-hybridized carbons (Fsp3) is 0.357. The van der Waals surface area contributed by atoms with Crippen molar-refractivity contribution >= 4 is 27.3 Å². The van der Waals surface area contributed by atoms with Gasteiger partial charge in [0.05, 0.1) is 4.90 Å². The van der Waals surface area contributed by atoms with Crippen LogP contribution in [0.4, 0.5) is 0 Å². The van der Waals surface area contributed by atoms with E-state index in [4.69, 9.17) is 11.6 Å². The number of rotatable bonds is 6. The first-order chi connectivity index (χ1) is 9.26. The van der Waals surface area contributed by atoms with E-state index in [9.17, 15) is 13.2 Å². The molecule has 0 saturated heterocycles. The number of amides is 1. The minimum absolute atomic E-state index is 0.0987. The number of carbonyl (C=O) groups is 1. The quantitative estimate of drug-likeness (QED) is 0.758. The van der Waals surface area contributed by atoms with Crippen LogP contribution in [-0.2, 0) is 14.6 Å². The third kappa shape index (κ3) is 4.65. The molecule has 0 fully saturated rings. The number of likely N-dealkylation sites (N-methyl/N-ethyl adjacent to an activating group) is 1. The second-order valence-corrected chi connectivity index (χ2v) is 7.00. The molecule has 0 unspecified atom stereocenters. The third-order valence-corrected chi connectivity index (χ3v) is 4.55. The van der Waals surface area contributed by atoms with E-state index >= 15 is 0 Å². The van der Waals surface area contributed by atoms with Crippen molar-refractivity contribution in [2.75, 3.05) is 18.8 Å². The molecule has 20 heavy (non-hydrogen) atoms. The zero-order valence-electron chi connectivity index (χ0n) is 11.6. The Morgan fingerprint density at radius 3 is 2.30 bits per heavy atom. The van der Waals surface area contributed by atoms with Crippen molar-refractivity contribution in [2.24, 2.45) is 0 Å². The molecule has 0 saturated carbocycles. The number of carbonyl (C=O) groups excluding carboxylic acids is 1. The third-order valence-electron chi connectivity index (χ3n) is 2.68. The van der Waals surface area contributed by atoms with Crippen molar-refractivity contribution in [1.29, 1.82) is 0 Å². The van der Waals surface area contributed by atoms with Gasteiger partial charge in [-0.1, -0.05) is 23.8 Å². The van der Waals surface area contributed by atoms with Gasteiger partial charge in [-0.25, -0.2) is 8.42 Å². The molecule has 0 aliphatic rings. The molecule has 1 aromatic carbocycles. The molecule has 0 spiro atoms. The molecular formula is C14H18ClNO3S. The van der Waals surface area contributed by atoms with Gasteiger partial charge in [0.25, 0.3) is 0 Å². The number of halogens is 1. The lowest BCUT2D eigenvalue weighted by atomic mass is 10.3. The second kappa shape index (κ2) is 6.90. The SMILES string of the molecule is C=C(C)CN(CC)C(=O)CS(=O)(=O)c1ccc(Cl)cc1. The summed E-state index contributed by atoms with van der Waals surface area (Å²) in [6, 6.07) is 5.79. The lowest BCUT2D eigenvalue weighted by Gasteiger charge is -2.20. The monoisotopic (exact) mass is 315 g/mol. The van der Waals surface area contributed by atoms with E-state index in [0.717, 1.165) is 5.57 Å². The average Bonchev–Trinajstić information content (AvgIpc) is 2.35. The van der Waals surface area contributed by atoms with Crippen molar-refractivity contribution in [3.63, 3.8) is 0 Å². The number of hydrogen-bond donors (Lipinski definition) is 0. The lowest BCUT2D eigenvalue weighted by molar-refractivity contribution is -0.127. The van der Waals surface area contributed by atoms with Gasteiger partial charge >= 0.3 is 0 Å². The molecule has 0 radical (unpaired) electrons. The lowest BCUT2D eigenvalue weighted by Crippen LogP contribution is -2.36. The fourth-order valence-electron chi connectivity index (χ4n) is 1.68. The van der Waals surface area contributed by atoms with Crippen LogP contribution in [0.25, 0.3) is 0 Å². The topological polar surface area (TPSA) is 54.5 Å². The molecular weight excluding hydrogens is 298 g/mol. The van der Waals surface area contributed by atoms with Crippen molar-refractivity contribution in [3.8, 4) is 0 Å². The molecule has 4 nitrogen and oxygen atoms in total. The summed E-state index contributed by atoms with van der Waals surface area (Å²) in [6.45, 7) is 8.14. The fourth-order valence-corrected chi connectivity index (χ4v) is 3.03. The van der Waals surface area contributed by atoms with Crippen molar-refractivity contribution in [3.05, 3.63) is 41.4 Å². The Labute approximate surface area is 125 Å². The Balaban J connectivity index is 2.87. The Kier molecular flexibility index (Phi) is 5.77. The summed E-state index contributed by atoms with van der Waals surface area (Å²) in [6.07, 6.45) is 0. The van der Waals surface area contributed by atoms with Gasteiger partial charge in [-0.15, -0.1) is 0 Å². The van der Waals surface area contributed by atoms with Crippen LogP contribution in [0.3, 0.4) is 0 Å². The van der Waals surface area contributed by atoms with Crippen LogP contribution in [-0.4, -0.2) is 38.1 Å². The van der Waals surface area contributed by atoms with Gasteiger partial charge < -0.3 is 4.90 Å². The van der Waals surface area contributed by atoms with E-state index in [-0.39, 0.29) is 4.90 Å². The Bertz CT molecular complexity index is 593. The number of sulfone groups is 1. The Morgan fingerprint density at radius 1 is 1.30 bits per heavy atom. The van der Waals surface area contributed by atoms with Gasteiger partial charge in [-0.3, -0.25) is 4.79 Å². The molecule has 6 heteroatoms. The largest absolute Gasteiger partial charge is 0.338 e. The number of benzene rings is 1. The second-order valence-electron chi connectivity index (χ2n) is 4.58. The summed E-state index contributed by atoms with van der Waals surface area (Å²) in [5.41, 5.74) is 0.809. The molecule has 1 amide bonds. The maximum atomic E-state index is 12.1. The zero-order valence-corrected chi connectivity index (χ0v) is 13.2. The molecule has 0 heterocycles. The molecule has 0 aliphatic carbocycles. The maximum absolute atomic E-state index is 12.1. The Morgan fingerprint density at radius 2 is 1.85 bits per heavy atom. The standard InChI is InChI=1S/C14H18ClNO3S/c1-4-16(9-11(2)3)14(17)10-20(18,19)13-7-5-12(15)6-8-13/h5-8H,2,4,9-10H2,1,3H3. The summed E-state index contributed by atoms with van der Waals surface area (Å²) in [5.74, 6) is -0.971. The van der Waals surface area contributed by atoms with Gasteiger partial charge in [0.2, 0.25) is 5.91 Å². The van der Waals surface area contributed by atoms with Crippen molar-refractivity contribution in [2.45, 2.75) is 18.7 Å². The van der Waals surface area contributed by atoms with Crippen LogP contribution in [0.2, 0.25) is 5.02 Å². The van der Waals surface area contributed by atoms with Gasteiger partial charge in [0.1, 0.15) is 5.75 Å². The highest BCUT2D eigenvalue weighted by Gasteiger charge is 2.22. The maximum Gasteiger partial charge on any atom is 0.238 e. The van der Waals surface area contributed by atoms with Gasteiger partial charge in [0.15, 0.2) is 9.84 Å². The predicted octanol–water partition coefficient (Wildman–Crippen LogP) is 2.54. The normalized spacial score (nSPS) is 11.2. The molecule has 0 atom stereocenters. The minimum Gasteiger partial charge on any atom is -0.338 e. The van der Waals surface area contributed by atoms with Crippen LogP contribution in [0.5, 0.6) is 0 Å². The minimum atomic E-state index is -3.65. The summed E-state index contributed by atoms with van der Waals surface area (Å²) in [4.78, 5) is 13.6. The van der Waals surface area contributed by atoms with E-state index in [0.29, 0.717) is 18.1 Å². The van der Waals surface area contributed by atoms with E-state index < -0.39 is 21.5 Å². The first-order valence-corrected chi connectivity index (χ1v) is 8.19. The molecule has 1 aromatic rings. The van der Waals surface area contributed by atoms with Crippen LogP contribution in [0.15, 0.2) is 41.3 Å². The van der Waals surface area contributed by atoms with E-state index in [1.807, 2.05) is 0 Å². The Hall–Kier alpha value is -1.33. The number of hydrogen-bond acceptors (Lipinski definition) is 3. The molecule has 0 aromatic heterocycles. The van der Waals surface area contributed by atoms with Crippen molar-refractivity contribution in [1.82, 2.24) is 4.90 Å². The molecule has 0 aliphatic heterocycles. The van der Waals surface area contributed by atoms with E-state index in [2.05, 4.69) is 6.58 Å². The molecule has 1 rings (SSSR count). The smallest absolute Gasteiger partial charge is 0.238 e. The summed E-state index contributed by atoms with van der Waals surface area (Å²) < 4.78 is 24.3. The van der Waals surface area contributed by atoms with Crippen LogP contribution in [0, 0.1) is 0 Å². The van der Waals surface area contributed by atoms with Crippen LogP contribution >= 0.6 is 11.6 Å². The predicted molar refractivity (Wildman–Crippen MR) is 80.6 cm³/mol. The van der Waals surface area contributed by atoms with Crippen LogP contribution in [0.1, 0.15) is 13.8 Å². The van der Waals surface area contributed by atoms with Gasteiger partial charge in [-0.2, -0.15) is 0 Å². The van der Waals surface area contributed by atoms with Crippen LogP contribution < -0.4 is 0 Å². The van der Waals surface area contributed by atoms with Gasteiger partial charge in [0, 0.05) is 18.1 Å².